The van der Waals surface area contributed by atoms with E-state index in [1.54, 1.807) is 0 Å². The fourth-order valence-corrected chi connectivity index (χ4v) is 1.24. The second-order valence-corrected chi connectivity index (χ2v) is 3.15. The van der Waals surface area contributed by atoms with E-state index >= 15 is 0 Å². The molecule has 1 aromatic rings. The molecule has 6 heteroatoms. The summed E-state index contributed by atoms with van der Waals surface area (Å²) in [5.41, 5.74) is 0.737. The molecule has 0 saturated heterocycles. The van der Waals surface area contributed by atoms with Crippen LogP contribution in [0.25, 0.3) is 0 Å². The molecule has 1 heterocycles. The number of aromatic hydroxyl groups is 1. The Morgan fingerprint density at radius 2 is 2.31 bits per heavy atom. The molecule has 13 heavy (non-hydrogen) atoms. The Morgan fingerprint density at radius 3 is 2.85 bits per heavy atom. The summed E-state index contributed by atoms with van der Waals surface area (Å²) >= 11 is 6.12. The van der Waals surface area contributed by atoms with Gasteiger partial charge in [0.2, 0.25) is 0 Å². The zero-order chi connectivity index (χ0) is 9.84. The number of thiol groups is 1. The summed E-state index contributed by atoms with van der Waals surface area (Å²) < 4.78 is 3.72. The Morgan fingerprint density at radius 1 is 1.62 bits per heavy atom. The summed E-state index contributed by atoms with van der Waals surface area (Å²) in [4.78, 5) is 4.48. The standard InChI is InChI=1S/C7H6AsN3OS/c8-10-3-5-7(13)1-6(12)4(2-9)11-5/h1-3,9,12-13H. The third kappa shape index (κ3) is 2.32. The van der Waals surface area contributed by atoms with Gasteiger partial charge in [-0.25, -0.2) is 0 Å². The molecule has 0 aromatic carbocycles. The van der Waals surface area contributed by atoms with E-state index in [0.29, 0.717) is 10.6 Å². The van der Waals surface area contributed by atoms with Crippen molar-refractivity contribution in [2.45, 2.75) is 4.90 Å². The number of rotatable bonds is 2. The quantitative estimate of drug-likeness (QED) is 0.411. The van der Waals surface area contributed by atoms with Crippen LogP contribution in [0.4, 0.5) is 0 Å². The molecule has 2 N–H and O–H groups in total. The van der Waals surface area contributed by atoms with Gasteiger partial charge < -0.3 is 0 Å². The van der Waals surface area contributed by atoms with Crippen LogP contribution in [0.15, 0.2) is 14.9 Å². The molecule has 0 bridgehead atoms. The topological polar surface area (TPSA) is 69.3 Å². The molecule has 0 unspecified atom stereocenters. The molecular weight excluding hydrogens is 249 g/mol. The SMILES string of the molecule is N=Cc1nc(C=N[As])c(S)cc1O. The second kappa shape index (κ2) is 4.44. The zero-order valence-corrected chi connectivity index (χ0v) is 9.24. The van der Waals surface area contributed by atoms with Crippen molar-refractivity contribution in [1.29, 1.82) is 5.41 Å². The van der Waals surface area contributed by atoms with Crippen LogP contribution in [0, 0.1) is 5.41 Å². The molecule has 0 spiro atoms. The van der Waals surface area contributed by atoms with E-state index in [-0.39, 0.29) is 11.4 Å². The van der Waals surface area contributed by atoms with Crippen molar-refractivity contribution in [3.8, 4) is 5.75 Å². The molecule has 1 aromatic heterocycles. The summed E-state index contributed by atoms with van der Waals surface area (Å²) in [5.74, 6) is -0.0530. The summed E-state index contributed by atoms with van der Waals surface area (Å²) in [6.45, 7) is 0. The molecule has 4 nitrogen and oxygen atoms in total. The molecule has 0 amide bonds. The van der Waals surface area contributed by atoms with Crippen LogP contribution < -0.4 is 0 Å². The van der Waals surface area contributed by atoms with E-state index in [2.05, 4.69) is 21.5 Å². The number of aromatic nitrogens is 1. The summed E-state index contributed by atoms with van der Waals surface area (Å²) in [6.07, 6.45) is 2.47. The van der Waals surface area contributed by atoms with Crippen molar-refractivity contribution >= 4 is 42.1 Å². The molecule has 2 radical (unpaired) electrons. The van der Waals surface area contributed by atoms with E-state index < -0.39 is 0 Å². The normalized spacial score (nSPS) is 10.6. The molecule has 0 aliphatic heterocycles. The van der Waals surface area contributed by atoms with Crippen LogP contribution in [0.2, 0.25) is 0 Å². The van der Waals surface area contributed by atoms with Crippen LogP contribution in [-0.4, -0.2) is 39.6 Å². The maximum absolute atomic E-state index is 9.27. The first-order valence-corrected chi connectivity index (χ1v) is 4.58. The van der Waals surface area contributed by atoms with Crippen LogP contribution in [0.3, 0.4) is 0 Å². The number of hydrogen-bond donors (Lipinski definition) is 3. The summed E-state index contributed by atoms with van der Waals surface area (Å²) in [6, 6.07) is 1.43. The minimum absolute atomic E-state index is 0.0530. The van der Waals surface area contributed by atoms with E-state index in [1.807, 2.05) is 17.1 Å². The summed E-state index contributed by atoms with van der Waals surface area (Å²) in [7, 11) is 0. The fourth-order valence-electron chi connectivity index (χ4n) is 0.778. The first-order chi connectivity index (χ1) is 6.19. The van der Waals surface area contributed by atoms with Gasteiger partial charge in [-0.05, 0) is 0 Å². The number of nitrogens with one attached hydrogen (secondary N) is 1. The van der Waals surface area contributed by atoms with E-state index in [4.69, 9.17) is 5.41 Å². The van der Waals surface area contributed by atoms with Crippen molar-refractivity contribution in [3.63, 3.8) is 0 Å². The summed E-state index contributed by atoms with van der Waals surface area (Å²) in [5, 5.41) is 16.2. The molecule has 0 saturated carbocycles. The van der Waals surface area contributed by atoms with Gasteiger partial charge in [-0.3, -0.25) is 0 Å². The average molecular weight is 255 g/mol. The van der Waals surface area contributed by atoms with E-state index in [0.717, 1.165) is 6.21 Å². The van der Waals surface area contributed by atoms with Crippen LogP contribution in [0.5, 0.6) is 5.75 Å². The number of hydrogen-bond acceptors (Lipinski definition) is 5. The molecule has 0 fully saturated rings. The Balaban J connectivity index is 3.29. The van der Waals surface area contributed by atoms with Gasteiger partial charge in [0.25, 0.3) is 0 Å². The van der Waals surface area contributed by atoms with Gasteiger partial charge >= 0.3 is 89.6 Å². The molecule has 0 atom stereocenters. The van der Waals surface area contributed by atoms with Gasteiger partial charge in [0.15, 0.2) is 0 Å². The van der Waals surface area contributed by atoms with Gasteiger partial charge in [-0.2, -0.15) is 0 Å². The van der Waals surface area contributed by atoms with E-state index in [9.17, 15) is 5.11 Å². The van der Waals surface area contributed by atoms with Crippen LogP contribution in [0.1, 0.15) is 11.4 Å². The first kappa shape index (κ1) is 10.3. The Kier molecular flexibility index (Phi) is 3.51. The third-order valence-corrected chi connectivity index (χ3v) is 1.96. The first-order valence-electron chi connectivity index (χ1n) is 3.30. The van der Waals surface area contributed by atoms with Gasteiger partial charge in [-0.15, -0.1) is 0 Å². The minimum atomic E-state index is -0.0530. The zero-order valence-electron chi connectivity index (χ0n) is 6.47. The molecular formula is C7H6AsN3OS. The van der Waals surface area contributed by atoms with Crippen molar-refractivity contribution in [2.75, 3.05) is 0 Å². The number of nitrogens with zero attached hydrogens (tertiary/aromatic N) is 2. The second-order valence-electron chi connectivity index (χ2n) is 2.19. The molecule has 0 aliphatic rings. The average Bonchev–Trinajstić information content (AvgIpc) is 2.10. The van der Waals surface area contributed by atoms with Crippen LogP contribution >= 0.6 is 12.6 Å². The maximum atomic E-state index is 9.27. The van der Waals surface area contributed by atoms with Gasteiger partial charge in [0.1, 0.15) is 0 Å². The third-order valence-electron chi connectivity index (χ3n) is 1.36. The Labute approximate surface area is 89.8 Å². The van der Waals surface area contributed by atoms with E-state index in [1.165, 1.54) is 12.3 Å². The molecule has 1 rings (SSSR count). The predicted octanol–water partition coefficient (Wildman–Crippen LogP) is 0.576. The monoisotopic (exact) mass is 255 g/mol. The van der Waals surface area contributed by atoms with Crippen molar-refractivity contribution in [3.05, 3.63) is 17.5 Å². The molecule has 66 valence electrons. The number of pyridine rings is 1. The predicted molar refractivity (Wildman–Crippen MR) is 54.4 cm³/mol. The van der Waals surface area contributed by atoms with Crippen molar-refractivity contribution in [1.82, 2.24) is 4.98 Å². The Hall–Kier alpha value is -0.802. The van der Waals surface area contributed by atoms with Crippen molar-refractivity contribution < 1.29 is 5.11 Å². The van der Waals surface area contributed by atoms with Gasteiger partial charge in [0, 0.05) is 0 Å². The Bertz CT molecular complexity index is 367. The molecule has 0 aliphatic carbocycles. The van der Waals surface area contributed by atoms with Gasteiger partial charge in [0.05, 0.1) is 0 Å². The van der Waals surface area contributed by atoms with Crippen molar-refractivity contribution in [2.24, 2.45) is 3.91 Å². The van der Waals surface area contributed by atoms with Gasteiger partial charge in [-0.1, -0.05) is 0 Å². The van der Waals surface area contributed by atoms with Crippen LogP contribution in [-0.2, 0) is 0 Å². The fraction of sp³-hybridized carbons (Fsp3) is 0.